The first-order valence-corrected chi connectivity index (χ1v) is 7.06. The Labute approximate surface area is 125 Å². The fourth-order valence-electron chi connectivity index (χ4n) is 2.63. The summed E-state index contributed by atoms with van der Waals surface area (Å²) in [6.07, 6.45) is -3.68. The lowest BCUT2D eigenvalue weighted by atomic mass is 9.89. The van der Waals surface area contributed by atoms with Gasteiger partial charge in [-0.15, -0.1) is 0 Å². The van der Waals surface area contributed by atoms with Gasteiger partial charge in [-0.05, 0) is 30.5 Å². The molecule has 0 bridgehead atoms. The van der Waals surface area contributed by atoms with E-state index in [0.717, 1.165) is 17.7 Å². The van der Waals surface area contributed by atoms with Gasteiger partial charge in [0.25, 0.3) is 5.91 Å². The predicted octanol–water partition coefficient (Wildman–Crippen LogP) is 1.92. The zero-order valence-electron chi connectivity index (χ0n) is 11.8. The van der Waals surface area contributed by atoms with Crippen LogP contribution < -0.4 is 5.32 Å². The molecule has 0 aromatic heterocycles. The van der Waals surface area contributed by atoms with Gasteiger partial charge in [-0.2, -0.15) is 13.2 Å². The van der Waals surface area contributed by atoms with Crippen LogP contribution in [0.1, 0.15) is 17.5 Å². The summed E-state index contributed by atoms with van der Waals surface area (Å²) in [6.45, 7) is 1.29. The molecule has 120 valence electrons. The van der Waals surface area contributed by atoms with E-state index in [1.54, 1.807) is 0 Å². The van der Waals surface area contributed by atoms with Gasteiger partial charge < -0.3 is 14.8 Å². The number of epoxide rings is 1. The first kappa shape index (κ1) is 15.3. The highest BCUT2D eigenvalue weighted by atomic mass is 19.4. The summed E-state index contributed by atoms with van der Waals surface area (Å²) in [4.78, 5) is 11.9. The summed E-state index contributed by atoms with van der Waals surface area (Å²) >= 11 is 0. The van der Waals surface area contributed by atoms with Gasteiger partial charge in [-0.1, -0.05) is 12.1 Å². The van der Waals surface area contributed by atoms with Gasteiger partial charge in [0, 0.05) is 6.61 Å². The zero-order chi connectivity index (χ0) is 15.8. The Bertz CT molecular complexity index is 546. The zero-order valence-corrected chi connectivity index (χ0v) is 11.8. The lowest BCUT2D eigenvalue weighted by Gasteiger charge is -2.29. The molecule has 0 aliphatic carbocycles. The standard InChI is InChI=1S/C15H16F3NO3/c16-15(17,18)11-3-1-10(2-4-11)7-14(5-6-21-9-14)19-13(20)12-8-22-12/h1-4,12H,5-9H2,(H,19,20). The van der Waals surface area contributed by atoms with Crippen molar-refractivity contribution >= 4 is 5.91 Å². The van der Waals surface area contributed by atoms with Crippen LogP contribution in [0.5, 0.6) is 0 Å². The summed E-state index contributed by atoms with van der Waals surface area (Å²) in [7, 11) is 0. The molecule has 0 saturated carbocycles. The minimum atomic E-state index is -4.34. The first-order chi connectivity index (χ1) is 10.4. The van der Waals surface area contributed by atoms with Crippen LogP contribution in [0.4, 0.5) is 13.2 Å². The number of amides is 1. The topological polar surface area (TPSA) is 50.9 Å². The third-order valence-electron chi connectivity index (χ3n) is 3.94. The summed E-state index contributed by atoms with van der Waals surface area (Å²) in [5.74, 6) is -0.183. The van der Waals surface area contributed by atoms with Crippen LogP contribution in [0.15, 0.2) is 24.3 Å². The highest BCUT2D eigenvalue weighted by molar-refractivity contribution is 5.83. The third-order valence-corrected chi connectivity index (χ3v) is 3.94. The van der Waals surface area contributed by atoms with E-state index in [-0.39, 0.29) is 5.91 Å². The molecule has 2 saturated heterocycles. The smallest absolute Gasteiger partial charge is 0.379 e. The van der Waals surface area contributed by atoms with Crippen LogP contribution in [0.25, 0.3) is 0 Å². The highest BCUT2D eigenvalue weighted by Crippen LogP contribution is 2.30. The van der Waals surface area contributed by atoms with Crippen LogP contribution in [0.2, 0.25) is 0 Å². The van der Waals surface area contributed by atoms with Crippen molar-refractivity contribution in [1.29, 1.82) is 0 Å². The molecule has 2 unspecified atom stereocenters. The van der Waals surface area contributed by atoms with Crippen LogP contribution in [-0.2, 0) is 26.9 Å². The van der Waals surface area contributed by atoms with E-state index in [4.69, 9.17) is 9.47 Å². The quantitative estimate of drug-likeness (QED) is 0.864. The molecule has 1 amide bonds. The van der Waals surface area contributed by atoms with E-state index >= 15 is 0 Å². The number of nitrogens with one attached hydrogen (secondary N) is 1. The molecule has 3 rings (SSSR count). The third kappa shape index (κ3) is 3.41. The van der Waals surface area contributed by atoms with Crippen molar-refractivity contribution in [2.24, 2.45) is 0 Å². The fraction of sp³-hybridized carbons (Fsp3) is 0.533. The molecular formula is C15H16F3NO3. The SMILES string of the molecule is O=C(NC1(Cc2ccc(C(F)(F)F)cc2)CCOC1)C1CO1. The predicted molar refractivity (Wildman–Crippen MR) is 71.2 cm³/mol. The van der Waals surface area contributed by atoms with Gasteiger partial charge in [0.05, 0.1) is 24.3 Å². The van der Waals surface area contributed by atoms with E-state index in [1.807, 2.05) is 0 Å². The van der Waals surface area contributed by atoms with Crippen molar-refractivity contribution in [2.45, 2.75) is 30.7 Å². The van der Waals surface area contributed by atoms with Crippen molar-refractivity contribution in [3.8, 4) is 0 Å². The normalized spacial score (nSPS) is 27.7. The lowest BCUT2D eigenvalue weighted by molar-refractivity contribution is -0.137. The molecule has 0 spiro atoms. The Morgan fingerprint density at radius 3 is 2.50 bits per heavy atom. The molecule has 22 heavy (non-hydrogen) atoms. The Hall–Kier alpha value is -1.60. The Kier molecular flexibility index (Phi) is 3.86. The minimum Gasteiger partial charge on any atom is -0.379 e. The van der Waals surface area contributed by atoms with E-state index in [9.17, 15) is 18.0 Å². The van der Waals surface area contributed by atoms with Gasteiger partial charge in [0.2, 0.25) is 0 Å². The summed E-state index contributed by atoms with van der Waals surface area (Å²) in [5.41, 5.74) is -0.512. The molecule has 2 fully saturated rings. The molecular weight excluding hydrogens is 299 g/mol. The lowest BCUT2D eigenvalue weighted by Crippen LogP contribution is -2.52. The maximum Gasteiger partial charge on any atom is 0.416 e. The number of alkyl halides is 3. The van der Waals surface area contributed by atoms with E-state index in [0.29, 0.717) is 32.7 Å². The first-order valence-electron chi connectivity index (χ1n) is 7.06. The van der Waals surface area contributed by atoms with Crippen LogP contribution in [0, 0.1) is 0 Å². The maximum absolute atomic E-state index is 12.6. The van der Waals surface area contributed by atoms with Crippen LogP contribution in [0.3, 0.4) is 0 Å². The van der Waals surface area contributed by atoms with Crippen LogP contribution >= 0.6 is 0 Å². The highest BCUT2D eigenvalue weighted by Gasteiger charge is 2.41. The van der Waals surface area contributed by atoms with Gasteiger partial charge in [0.15, 0.2) is 6.10 Å². The monoisotopic (exact) mass is 315 g/mol. The van der Waals surface area contributed by atoms with Gasteiger partial charge >= 0.3 is 6.18 Å². The summed E-state index contributed by atoms with van der Waals surface area (Å²) in [6, 6.07) is 5.01. The number of carbonyl (C=O) groups is 1. The fourth-order valence-corrected chi connectivity index (χ4v) is 2.63. The molecule has 2 heterocycles. The molecule has 2 aliphatic rings. The molecule has 2 aliphatic heterocycles. The second-order valence-electron chi connectivity index (χ2n) is 5.77. The maximum atomic E-state index is 12.6. The Morgan fingerprint density at radius 2 is 2.00 bits per heavy atom. The summed E-state index contributed by atoms with van der Waals surface area (Å²) in [5, 5.41) is 2.94. The van der Waals surface area contributed by atoms with E-state index < -0.39 is 23.4 Å². The van der Waals surface area contributed by atoms with Gasteiger partial charge in [-0.25, -0.2) is 0 Å². The molecule has 0 radical (unpaired) electrons. The van der Waals surface area contributed by atoms with Crippen molar-refractivity contribution < 1.29 is 27.4 Å². The molecule has 1 N–H and O–H groups in total. The number of benzene rings is 1. The van der Waals surface area contributed by atoms with E-state index in [1.165, 1.54) is 12.1 Å². The molecule has 4 nitrogen and oxygen atoms in total. The molecule has 1 aromatic rings. The van der Waals surface area contributed by atoms with Crippen molar-refractivity contribution in [1.82, 2.24) is 5.32 Å². The minimum absolute atomic E-state index is 0.183. The van der Waals surface area contributed by atoms with Crippen molar-refractivity contribution in [3.63, 3.8) is 0 Å². The average Bonchev–Trinajstić information content (AvgIpc) is 3.21. The number of hydrogen-bond donors (Lipinski definition) is 1. The van der Waals surface area contributed by atoms with Gasteiger partial charge in [0.1, 0.15) is 0 Å². The Morgan fingerprint density at radius 1 is 1.32 bits per heavy atom. The number of halogens is 3. The van der Waals surface area contributed by atoms with Gasteiger partial charge in [-0.3, -0.25) is 4.79 Å². The number of hydrogen-bond acceptors (Lipinski definition) is 3. The number of rotatable bonds is 4. The molecule has 1 aromatic carbocycles. The largest absolute Gasteiger partial charge is 0.416 e. The second-order valence-corrected chi connectivity index (χ2v) is 5.77. The Balaban J connectivity index is 1.71. The molecule has 7 heteroatoms. The van der Waals surface area contributed by atoms with Crippen LogP contribution in [-0.4, -0.2) is 37.4 Å². The van der Waals surface area contributed by atoms with Crippen molar-refractivity contribution in [3.05, 3.63) is 35.4 Å². The molecule has 2 atom stereocenters. The summed E-state index contributed by atoms with van der Waals surface area (Å²) < 4.78 is 48.1. The van der Waals surface area contributed by atoms with E-state index in [2.05, 4.69) is 5.32 Å². The second kappa shape index (κ2) is 5.55. The average molecular weight is 315 g/mol. The number of carbonyl (C=O) groups excluding carboxylic acids is 1. The van der Waals surface area contributed by atoms with Crippen molar-refractivity contribution in [2.75, 3.05) is 19.8 Å². The number of ether oxygens (including phenoxy) is 2.